The third kappa shape index (κ3) is 91.3. The molecular weight excluding hydrogens is 148 g/mol. The molecule has 0 aromatic rings. The molecule has 0 N–H and O–H groups in total. The lowest BCUT2D eigenvalue weighted by Crippen LogP contribution is -1.84. The van der Waals surface area contributed by atoms with Crippen molar-refractivity contribution in [1.82, 2.24) is 0 Å². The molecule has 0 aliphatic heterocycles. The molecule has 0 saturated carbocycles. The third-order valence-corrected chi connectivity index (χ3v) is 0.702. The standard InChI is InChI=1S/C5H12O.C3H8.C2H6.CH4/c1-3-4-5-6-2;1-3-2;1-2;/h3-5H2,1-2H3;3H2,1-2H3;1-2H3;1H4. The van der Waals surface area contributed by atoms with Gasteiger partial charge in [0.1, 0.15) is 0 Å². The van der Waals surface area contributed by atoms with Gasteiger partial charge in [-0.25, -0.2) is 0 Å². The van der Waals surface area contributed by atoms with Crippen LogP contribution in [0.5, 0.6) is 0 Å². The highest BCUT2D eigenvalue weighted by molar-refractivity contribution is 4.26. The van der Waals surface area contributed by atoms with Crippen LogP contribution in [0.1, 0.15) is 61.3 Å². The van der Waals surface area contributed by atoms with E-state index in [1.165, 1.54) is 19.3 Å². The van der Waals surface area contributed by atoms with Gasteiger partial charge in [-0.1, -0.05) is 54.9 Å². The first-order chi connectivity index (χ1) is 5.33. The summed E-state index contributed by atoms with van der Waals surface area (Å²) in [5.41, 5.74) is 0. The molecule has 1 heteroatoms. The summed E-state index contributed by atoms with van der Waals surface area (Å²) in [4.78, 5) is 0. The second kappa shape index (κ2) is 44.2. The quantitative estimate of drug-likeness (QED) is 0.578. The van der Waals surface area contributed by atoms with Crippen molar-refractivity contribution in [3.8, 4) is 0 Å². The summed E-state index contributed by atoms with van der Waals surface area (Å²) < 4.78 is 4.78. The maximum Gasteiger partial charge on any atom is 0.0462 e. The second-order valence-electron chi connectivity index (χ2n) is 2.05. The zero-order valence-corrected chi connectivity index (χ0v) is 9.24. The van der Waals surface area contributed by atoms with Gasteiger partial charge in [-0.05, 0) is 6.42 Å². The molecule has 80 valence electrons. The summed E-state index contributed by atoms with van der Waals surface area (Å²) in [6, 6.07) is 0. The Morgan fingerprint density at radius 1 is 1.00 bits per heavy atom. The van der Waals surface area contributed by atoms with Gasteiger partial charge < -0.3 is 4.74 Å². The Morgan fingerprint density at radius 3 is 1.42 bits per heavy atom. The van der Waals surface area contributed by atoms with Crippen molar-refractivity contribution in [2.75, 3.05) is 13.7 Å². The van der Waals surface area contributed by atoms with Crippen molar-refractivity contribution in [2.45, 2.75) is 61.3 Å². The predicted octanol–water partition coefficient (Wildman–Crippen LogP) is 4.51. The van der Waals surface area contributed by atoms with E-state index in [1.807, 2.05) is 13.8 Å². The highest BCUT2D eigenvalue weighted by atomic mass is 16.5. The molecule has 0 radical (unpaired) electrons. The normalized spacial score (nSPS) is 6.50. The first-order valence-corrected chi connectivity index (χ1v) is 4.82. The van der Waals surface area contributed by atoms with Gasteiger partial charge in [0.25, 0.3) is 0 Å². The highest BCUT2D eigenvalue weighted by Gasteiger charge is 1.74. The average molecular weight is 178 g/mol. The SMILES string of the molecule is C.CC.CCC.CCCCOC. The number of hydrogen-bond acceptors (Lipinski definition) is 1. The van der Waals surface area contributed by atoms with Crippen molar-refractivity contribution in [3.63, 3.8) is 0 Å². The Balaban J connectivity index is -0.0000000462. The summed E-state index contributed by atoms with van der Waals surface area (Å²) in [5.74, 6) is 0. The fraction of sp³-hybridized carbons (Fsp3) is 1.00. The van der Waals surface area contributed by atoms with Crippen LogP contribution < -0.4 is 0 Å². The van der Waals surface area contributed by atoms with Gasteiger partial charge in [-0.2, -0.15) is 0 Å². The van der Waals surface area contributed by atoms with Gasteiger partial charge in [0.05, 0.1) is 0 Å². The highest BCUT2D eigenvalue weighted by Crippen LogP contribution is 1.83. The maximum atomic E-state index is 4.78. The van der Waals surface area contributed by atoms with E-state index in [4.69, 9.17) is 4.74 Å². The van der Waals surface area contributed by atoms with Gasteiger partial charge in [-0.15, -0.1) is 0 Å². The molecule has 0 fully saturated rings. The summed E-state index contributed by atoms with van der Waals surface area (Å²) in [6.45, 7) is 11.3. The smallest absolute Gasteiger partial charge is 0.0462 e. The summed E-state index contributed by atoms with van der Waals surface area (Å²) in [5, 5.41) is 0. The average Bonchev–Trinajstić information content (AvgIpc) is 2.06. The fourth-order valence-electron chi connectivity index (χ4n) is 0.289. The van der Waals surface area contributed by atoms with Crippen LogP contribution in [-0.2, 0) is 4.74 Å². The molecule has 0 heterocycles. The molecule has 0 rings (SSSR count). The molecule has 0 aromatic carbocycles. The van der Waals surface area contributed by atoms with Crippen molar-refractivity contribution >= 4 is 0 Å². The van der Waals surface area contributed by atoms with Crippen molar-refractivity contribution in [3.05, 3.63) is 0 Å². The topological polar surface area (TPSA) is 9.23 Å². The third-order valence-electron chi connectivity index (χ3n) is 0.702. The minimum atomic E-state index is 0. The maximum absolute atomic E-state index is 4.78. The number of unbranched alkanes of at least 4 members (excludes halogenated alkanes) is 1. The van der Waals surface area contributed by atoms with Gasteiger partial charge in [0, 0.05) is 13.7 Å². The van der Waals surface area contributed by atoms with E-state index in [0.717, 1.165) is 6.61 Å². The monoisotopic (exact) mass is 178 g/mol. The number of methoxy groups -OCH3 is 1. The Hall–Kier alpha value is -0.0400. The second-order valence-corrected chi connectivity index (χ2v) is 2.05. The minimum Gasteiger partial charge on any atom is -0.385 e. The molecule has 0 aromatic heterocycles. The molecule has 0 bridgehead atoms. The van der Waals surface area contributed by atoms with E-state index >= 15 is 0 Å². The zero-order chi connectivity index (χ0) is 9.54. The molecule has 1 nitrogen and oxygen atoms in total. The number of ether oxygens (including phenoxy) is 1. The van der Waals surface area contributed by atoms with Gasteiger partial charge >= 0.3 is 0 Å². The van der Waals surface area contributed by atoms with Crippen LogP contribution in [0.15, 0.2) is 0 Å². The Bertz CT molecular complexity index is 24.2. The van der Waals surface area contributed by atoms with Gasteiger partial charge in [0.2, 0.25) is 0 Å². The molecule has 0 aliphatic carbocycles. The minimum absolute atomic E-state index is 0. The van der Waals surface area contributed by atoms with Crippen LogP contribution in [-0.4, -0.2) is 13.7 Å². The van der Waals surface area contributed by atoms with Crippen LogP contribution in [0.3, 0.4) is 0 Å². The molecule has 0 unspecified atom stereocenters. The first kappa shape index (κ1) is 22.7. The van der Waals surface area contributed by atoms with Gasteiger partial charge in [0.15, 0.2) is 0 Å². The molecule has 0 saturated heterocycles. The van der Waals surface area contributed by atoms with E-state index in [9.17, 15) is 0 Å². The molecule has 0 atom stereocenters. The van der Waals surface area contributed by atoms with Crippen LogP contribution in [0.25, 0.3) is 0 Å². The van der Waals surface area contributed by atoms with Crippen LogP contribution in [0.4, 0.5) is 0 Å². The Kier molecular flexibility index (Phi) is 83.5. The Labute approximate surface area is 80.5 Å². The van der Waals surface area contributed by atoms with E-state index in [2.05, 4.69) is 20.8 Å². The fourth-order valence-corrected chi connectivity index (χ4v) is 0.289. The van der Waals surface area contributed by atoms with Crippen molar-refractivity contribution < 1.29 is 4.74 Å². The molecule has 0 amide bonds. The lowest BCUT2D eigenvalue weighted by molar-refractivity contribution is 0.194. The van der Waals surface area contributed by atoms with E-state index in [0.29, 0.717) is 0 Å². The largest absolute Gasteiger partial charge is 0.385 e. The zero-order valence-electron chi connectivity index (χ0n) is 9.24. The molecule has 0 spiro atoms. The number of hydrogen-bond donors (Lipinski definition) is 0. The van der Waals surface area contributed by atoms with Crippen molar-refractivity contribution in [2.24, 2.45) is 0 Å². The molecule has 12 heavy (non-hydrogen) atoms. The summed E-state index contributed by atoms with van der Waals surface area (Å²) in [7, 11) is 1.73. The lowest BCUT2D eigenvalue weighted by atomic mass is 10.4. The van der Waals surface area contributed by atoms with E-state index in [1.54, 1.807) is 7.11 Å². The number of rotatable bonds is 3. The predicted molar refractivity (Wildman–Crippen MR) is 60.8 cm³/mol. The summed E-state index contributed by atoms with van der Waals surface area (Å²) in [6.07, 6.45) is 3.67. The van der Waals surface area contributed by atoms with E-state index in [-0.39, 0.29) is 7.43 Å². The molecular formula is C11H30O. The van der Waals surface area contributed by atoms with Gasteiger partial charge in [-0.3, -0.25) is 0 Å². The molecule has 0 aliphatic rings. The van der Waals surface area contributed by atoms with Crippen molar-refractivity contribution in [1.29, 1.82) is 0 Å². The van der Waals surface area contributed by atoms with Crippen LogP contribution >= 0.6 is 0 Å². The Morgan fingerprint density at radius 2 is 1.33 bits per heavy atom. The lowest BCUT2D eigenvalue weighted by Gasteiger charge is -1.89. The summed E-state index contributed by atoms with van der Waals surface area (Å²) >= 11 is 0. The first-order valence-electron chi connectivity index (χ1n) is 4.82. The van der Waals surface area contributed by atoms with E-state index < -0.39 is 0 Å². The van der Waals surface area contributed by atoms with Crippen LogP contribution in [0.2, 0.25) is 0 Å². The van der Waals surface area contributed by atoms with Crippen LogP contribution in [0, 0.1) is 0 Å².